The molecule has 1 saturated carbocycles. The third kappa shape index (κ3) is 4.73. The number of amides is 1. The van der Waals surface area contributed by atoms with Gasteiger partial charge in [-0.25, -0.2) is 13.2 Å². The maximum absolute atomic E-state index is 12.4. The fourth-order valence-electron chi connectivity index (χ4n) is 3.12. The van der Waals surface area contributed by atoms with Gasteiger partial charge in [0.05, 0.1) is 18.4 Å². The molecule has 0 heterocycles. The van der Waals surface area contributed by atoms with E-state index in [1.54, 1.807) is 0 Å². The van der Waals surface area contributed by atoms with Crippen LogP contribution in [0.15, 0.2) is 23.1 Å². The first-order valence-electron chi connectivity index (χ1n) is 8.06. The van der Waals surface area contributed by atoms with Crippen molar-refractivity contribution in [1.82, 2.24) is 5.32 Å². The Morgan fingerprint density at radius 2 is 1.88 bits per heavy atom. The van der Waals surface area contributed by atoms with Gasteiger partial charge in [0.15, 0.2) is 9.84 Å². The van der Waals surface area contributed by atoms with E-state index >= 15 is 0 Å². The molecule has 0 radical (unpaired) electrons. The number of halogens is 1. The minimum atomic E-state index is -3.36. The summed E-state index contributed by atoms with van der Waals surface area (Å²) in [4.78, 5) is 24.7. The molecular formula is C17H22ClNO5S. The average Bonchev–Trinajstić information content (AvgIpc) is 2.55. The van der Waals surface area contributed by atoms with E-state index in [1.807, 2.05) is 0 Å². The number of methoxy groups -OCH3 is 1. The van der Waals surface area contributed by atoms with Crippen LogP contribution in [0.5, 0.6) is 0 Å². The molecule has 8 heteroatoms. The van der Waals surface area contributed by atoms with Gasteiger partial charge in [0.25, 0.3) is 0 Å². The molecule has 0 spiro atoms. The zero-order valence-corrected chi connectivity index (χ0v) is 15.9. The van der Waals surface area contributed by atoms with Crippen molar-refractivity contribution in [2.45, 2.75) is 49.0 Å². The van der Waals surface area contributed by atoms with Gasteiger partial charge in [-0.2, -0.15) is 0 Å². The zero-order valence-electron chi connectivity index (χ0n) is 14.3. The molecule has 2 rings (SSSR count). The van der Waals surface area contributed by atoms with Gasteiger partial charge >= 0.3 is 5.97 Å². The van der Waals surface area contributed by atoms with E-state index in [4.69, 9.17) is 16.3 Å². The molecule has 1 fully saturated rings. The number of carbonyl (C=O) groups is 2. The second-order valence-corrected chi connectivity index (χ2v) is 8.81. The van der Waals surface area contributed by atoms with E-state index in [-0.39, 0.29) is 22.2 Å². The van der Waals surface area contributed by atoms with E-state index in [1.165, 1.54) is 25.3 Å². The highest BCUT2D eigenvalue weighted by Crippen LogP contribution is 2.30. The summed E-state index contributed by atoms with van der Waals surface area (Å²) in [5, 5.41) is 3.02. The molecule has 0 unspecified atom stereocenters. The molecular weight excluding hydrogens is 366 g/mol. The smallest absolute Gasteiger partial charge is 0.331 e. The van der Waals surface area contributed by atoms with Crippen molar-refractivity contribution in [3.8, 4) is 0 Å². The number of carbonyl (C=O) groups excluding carboxylic acids is 2. The maximum Gasteiger partial charge on any atom is 0.331 e. The van der Waals surface area contributed by atoms with Crippen LogP contribution in [0.1, 0.15) is 37.7 Å². The Labute approximate surface area is 152 Å². The predicted octanol–water partition coefficient (Wildman–Crippen LogP) is 2.28. The Morgan fingerprint density at radius 3 is 2.40 bits per heavy atom. The standard InChI is InChI=1S/C17H22ClNO5S/c1-24-16(21)17(8-4-3-5-9-17)19-15(20)10-12-6-7-13(11-14(12)18)25(2,22)23/h6-7,11H,3-5,8-10H2,1-2H3,(H,19,20). The molecule has 138 valence electrons. The van der Waals surface area contributed by atoms with Gasteiger partial charge < -0.3 is 10.1 Å². The summed E-state index contributed by atoms with van der Waals surface area (Å²) in [5.74, 6) is -0.777. The summed E-state index contributed by atoms with van der Waals surface area (Å²) in [5.41, 5.74) is -0.481. The molecule has 0 aromatic heterocycles. The lowest BCUT2D eigenvalue weighted by molar-refractivity contribution is -0.152. The molecule has 0 bridgehead atoms. The van der Waals surface area contributed by atoms with Gasteiger partial charge in [-0.15, -0.1) is 0 Å². The number of nitrogens with one attached hydrogen (secondary N) is 1. The molecule has 0 aliphatic heterocycles. The summed E-state index contributed by atoms with van der Waals surface area (Å²) in [7, 11) is -2.05. The Hall–Kier alpha value is -1.60. The van der Waals surface area contributed by atoms with Crippen LogP contribution in [0.2, 0.25) is 5.02 Å². The Morgan fingerprint density at radius 1 is 1.24 bits per heavy atom. The minimum absolute atomic E-state index is 0.0401. The monoisotopic (exact) mass is 387 g/mol. The van der Waals surface area contributed by atoms with E-state index in [9.17, 15) is 18.0 Å². The van der Waals surface area contributed by atoms with Crippen LogP contribution in [0.25, 0.3) is 0 Å². The Bertz CT molecular complexity index is 769. The number of esters is 1. The topological polar surface area (TPSA) is 89.5 Å². The summed E-state index contributed by atoms with van der Waals surface area (Å²) in [6, 6.07) is 4.26. The van der Waals surface area contributed by atoms with E-state index in [0.717, 1.165) is 25.5 Å². The van der Waals surface area contributed by atoms with Crippen molar-refractivity contribution in [2.75, 3.05) is 13.4 Å². The summed E-state index contributed by atoms with van der Waals surface area (Å²) >= 11 is 6.11. The van der Waals surface area contributed by atoms with Crippen LogP contribution in [-0.2, 0) is 30.6 Å². The molecule has 6 nitrogen and oxygen atoms in total. The number of ether oxygens (including phenoxy) is 1. The number of hydrogen-bond acceptors (Lipinski definition) is 5. The van der Waals surface area contributed by atoms with Crippen LogP contribution in [-0.4, -0.2) is 39.2 Å². The largest absolute Gasteiger partial charge is 0.467 e. The number of hydrogen-bond donors (Lipinski definition) is 1. The second-order valence-electron chi connectivity index (χ2n) is 6.38. The van der Waals surface area contributed by atoms with Crippen LogP contribution in [0.4, 0.5) is 0 Å². The fourth-order valence-corrected chi connectivity index (χ4v) is 4.08. The van der Waals surface area contributed by atoms with Crippen LogP contribution < -0.4 is 5.32 Å². The SMILES string of the molecule is COC(=O)C1(NC(=O)Cc2ccc(S(C)(=O)=O)cc2Cl)CCCCC1. The Kier molecular flexibility index (Phi) is 6.11. The van der Waals surface area contributed by atoms with Crippen LogP contribution in [0, 0.1) is 0 Å². The highest BCUT2D eigenvalue weighted by molar-refractivity contribution is 7.90. The lowest BCUT2D eigenvalue weighted by atomic mass is 9.81. The van der Waals surface area contributed by atoms with E-state index in [2.05, 4.69) is 5.32 Å². The first-order chi connectivity index (χ1) is 11.7. The first-order valence-corrected chi connectivity index (χ1v) is 10.3. The highest BCUT2D eigenvalue weighted by atomic mass is 35.5. The second kappa shape index (κ2) is 7.74. The first kappa shape index (κ1) is 19.7. The van der Waals surface area contributed by atoms with E-state index < -0.39 is 21.3 Å². The van der Waals surface area contributed by atoms with Gasteiger partial charge in [0.1, 0.15) is 5.54 Å². The summed E-state index contributed by atoms with van der Waals surface area (Å²) < 4.78 is 28.0. The number of benzene rings is 1. The zero-order chi connectivity index (χ0) is 18.7. The molecule has 0 atom stereocenters. The lowest BCUT2D eigenvalue weighted by Crippen LogP contribution is -2.56. The van der Waals surface area contributed by atoms with Gasteiger partial charge in [0, 0.05) is 11.3 Å². The molecule has 1 aromatic rings. The van der Waals surface area contributed by atoms with Crippen molar-refractivity contribution in [2.24, 2.45) is 0 Å². The molecule has 1 aromatic carbocycles. The summed E-state index contributed by atoms with van der Waals surface area (Å²) in [6.45, 7) is 0. The Balaban J connectivity index is 2.15. The normalized spacial score (nSPS) is 16.9. The molecule has 1 amide bonds. The molecule has 1 aliphatic rings. The molecule has 1 N–H and O–H groups in total. The third-order valence-corrected chi connectivity index (χ3v) is 5.93. The van der Waals surface area contributed by atoms with Gasteiger partial charge in [-0.05, 0) is 30.5 Å². The van der Waals surface area contributed by atoms with Gasteiger partial charge in [-0.3, -0.25) is 4.79 Å². The third-order valence-electron chi connectivity index (χ3n) is 4.47. The lowest BCUT2D eigenvalue weighted by Gasteiger charge is -2.35. The van der Waals surface area contributed by atoms with Gasteiger partial charge in [0.2, 0.25) is 5.91 Å². The number of sulfone groups is 1. The molecule has 1 aliphatic carbocycles. The van der Waals surface area contributed by atoms with Crippen molar-refractivity contribution in [3.05, 3.63) is 28.8 Å². The van der Waals surface area contributed by atoms with E-state index in [0.29, 0.717) is 18.4 Å². The van der Waals surface area contributed by atoms with Gasteiger partial charge in [-0.1, -0.05) is 36.9 Å². The summed E-state index contributed by atoms with van der Waals surface area (Å²) in [6.07, 6.45) is 4.86. The van der Waals surface area contributed by atoms with Crippen LogP contribution >= 0.6 is 11.6 Å². The van der Waals surface area contributed by atoms with Crippen molar-refractivity contribution in [1.29, 1.82) is 0 Å². The van der Waals surface area contributed by atoms with Crippen molar-refractivity contribution < 1.29 is 22.7 Å². The number of rotatable bonds is 5. The molecule has 25 heavy (non-hydrogen) atoms. The van der Waals surface area contributed by atoms with Crippen molar-refractivity contribution >= 4 is 33.3 Å². The average molecular weight is 388 g/mol. The minimum Gasteiger partial charge on any atom is -0.467 e. The highest BCUT2D eigenvalue weighted by Gasteiger charge is 2.41. The van der Waals surface area contributed by atoms with Crippen molar-refractivity contribution in [3.63, 3.8) is 0 Å². The predicted molar refractivity (Wildman–Crippen MR) is 94.2 cm³/mol. The fraction of sp³-hybridized carbons (Fsp3) is 0.529. The quantitative estimate of drug-likeness (QED) is 0.783. The van der Waals surface area contributed by atoms with Crippen LogP contribution in [0.3, 0.4) is 0 Å². The molecule has 0 saturated heterocycles. The maximum atomic E-state index is 12.4.